The molecule has 0 aliphatic heterocycles. The molecule has 7 heteroatoms. The summed E-state index contributed by atoms with van der Waals surface area (Å²) in [6.07, 6.45) is 6.79. The number of anilines is 1. The molecule has 2 N–H and O–H groups in total. The summed E-state index contributed by atoms with van der Waals surface area (Å²) in [6, 6.07) is 7.71. The fourth-order valence-corrected chi connectivity index (χ4v) is 3.05. The van der Waals surface area contributed by atoms with Gasteiger partial charge in [0.25, 0.3) is 0 Å². The Balaban J connectivity index is 1.87. The molecule has 0 radical (unpaired) electrons. The van der Waals surface area contributed by atoms with Crippen LogP contribution < -0.4 is 20.1 Å². The molecule has 0 amide bonds. The molecule has 3 rings (SSSR count). The van der Waals surface area contributed by atoms with E-state index < -0.39 is 0 Å². The second-order valence-corrected chi connectivity index (χ2v) is 6.44. The van der Waals surface area contributed by atoms with Gasteiger partial charge in [-0.15, -0.1) is 0 Å². The molecule has 0 saturated carbocycles. The summed E-state index contributed by atoms with van der Waals surface area (Å²) in [6.45, 7) is 1.89. The predicted octanol–water partition coefficient (Wildman–Crippen LogP) is 3.51. The molecule has 3 aromatic rings. The van der Waals surface area contributed by atoms with Crippen LogP contribution in [0.25, 0.3) is 22.3 Å². The Morgan fingerprint density at radius 1 is 0.893 bits per heavy atom. The molecule has 0 aliphatic rings. The maximum atomic E-state index is 5.43. The van der Waals surface area contributed by atoms with Crippen molar-refractivity contribution in [1.29, 1.82) is 0 Å². The average Bonchev–Trinajstić information content (AvgIpc) is 2.75. The molecular weight excluding hydrogens is 354 g/mol. The first kappa shape index (κ1) is 19.8. The number of hydrogen-bond acceptors (Lipinski definition) is 7. The number of rotatable bonds is 10. The van der Waals surface area contributed by atoms with E-state index in [2.05, 4.69) is 20.6 Å². The van der Waals surface area contributed by atoms with E-state index in [1.165, 1.54) is 0 Å². The third-order valence-corrected chi connectivity index (χ3v) is 4.53. The lowest BCUT2D eigenvalue weighted by Crippen LogP contribution is -2.09. The number of fused-ring (bicyclic) bond motifs is 1. The molecule has 0 saturated heterocycles. The van der Waals surface area contributed by atoms with Gasteiger partial charge < -0.3 is 20.1 Å². The third kappa shape index (κ3) is 4.67. The molecule has 7 nitrogen and oxygen atoms in total. The number of aromatic nitrogens is 3. The lowest BCUT2D eigenvalue weighted by atomic mass is 10.1. The van der Waals surface area contributed by atoms with Gasteiger partial charge in [0.2, 0.25) is 0 Å². The van der Waals surface area contributed by atoms with Gasteiger partial charge in [-0.1, -0.05) is 6.42 Å². The molecule has 0 bridgehead atoms. The van der Waals surface area contributed by atoms with Crippen molar-refractivity contribution in [3.05, 3.63) is 36.7 Å². The van der Waals surface area contributed by atoms with E-state index in [1.54, 1.807) is 26.6 Å². The van der Waals surface area contributed by atoms with Crippen LogP contribution in [0, 0.1) is 0 Å². The quantitative estimate of drug-likeness (QED) is 0.520. The molecule has 2 aromatic heterocycles. The van der Waals surface area contributed by atoms with Gasteiger partial charge in [-0.3, -0.25) is 4.98 Å². The minimum atomic E-state index is 0.667. The molecule has 0 aliphatic carbocycles. The Morgan fingerprint density at radius 2 is 1.68 bits per heavy atom. The summed E-state index contributed by atoms with van der Waals surface area (Å²) < 4.78 is 10.8. The first-order valence-electron chi connectivity index (χ1n) is 9.49. The number of nitrogens with zero attached hydrogens (tertiary/aromatic N) is 3. The second kappa shape index (κ2) is 9.85. The minimum Gasteiger partial charge on any atom is -0.493 e. The smallest absolute Gasteiger partial charge is 0.161 e. The summed E-state index contributed by atoms with van der Waals surface area (Å²) in [4.78, 5) is 13.7. The Labute approximate surface area is 165 Å². The summed E-state index contributed by atoms with van der Waals surface area (Å²) >= 11 is 0. The molecule has 0 atom stereocenters. The molecule has 28 heavy (non-hydrogen) atoms. The van der Waals surface area contributed by atoms with Crippen molar-refractivity contribution in [1.82, 2.24) is 20.3 Å². The fraction of sp³-hybridized carbons (Fsp3) is 0.381. The minimum absolute atomic E-state index is 0.667. The summed E-state index contributed by atoms with van der Waals surface area (Å²) in [5, 5.41) is 6.61. The monoisotopic (exact) mass is 381 g/mol. The maximum Gasteiger partial charge on any atom is 0.161 e. The molecule has 148 valence electrons. The van der Waals surface area contributed by atoms with E-state index in [4.69, 9.17) is 14.5 Å². The highest BCUT2D eigenvalue weighted by Gasteiger charge is 2.12. The van der Waals surface area contributed by atoms with Gasteiger partial charge in [0.05, 0.1) is 25.4 Å². The molecule has 0 unspecified atom stereocenters. The lowest BCUT2D eigenvalue weighted by molar-refractivity contribution is 0.355. The van der Waals surface area contributed by atoms with Crippen LogP contribution in [0.5, 0.6) is 11.5 Å². The SMILES string of the molecule is CNCCCCCNc1nc(-c2ccc(OC)c(OC)c2)cc2nccnc12. The Morgan fingerprint density at radius 3 is 2.46 bits per heavy atom. The number of methoxy groups -OCH3 is 2. The van der Waals surface area contributed by atoms with E-state index in [-0.39, 0.29) is 0 Å². The zero-order valence-corrected chi connectivity index (χ0v) is 16.7. The van der Waals surface area contributed by atoms with Gasteiger partial charge in [0.15, 0.2) is 17.3 Å². The van der Waals surface area contributed by atoms with E-state index >= 15 is 0 Å². The fourth-order valence-electron chi connectivity index (χ4n) is 3.05. The number of nitrogens with one attached hydrogen (secondary N) is 2. The highest BCUT2D eigenvalue weighted by Crippen LogP contribution is 2.33. The van der Waals surface area contributed by atoms with E-state index in [9.17, 15) is 0 Å². The molecular formula is C21H27N5O2. The number of ether oxygens (including phenoxy) is 2. The summed E-state index contributed by atoms with van der Waals surface area (Å²) in [7, 11) is 5.23. The summed E-state index contributed by atoms with van der Waals surface area (Å²) in [5.41, 5.74) is 3.33. The molecule has 1 aromatic carbocycles. The van der Waals surface area contributed by atoms with Crippen LogP contribution in [-0.4, -0.2) is 49.3 Å². The second-order valence-electron chi connectivity index (χ2n) is 6.44. The van der Waals surface area contributed by atoms with Crippen LogP contribution in [0.15, 0.2) is 36.7 Å². The zero-order chi connectivity index (χ0) is 19.8. The average molecular weight is 381 g/mol. The summed E-state index contributed by atoms with van der Waals surface area (Å²) in [5.74, 6) is 2.11. The first-order valence-corrected chi connectivity index (χ1v) is 9.49. The third-order valence-electron chi connectivity index (χ3n) is 4.53. The predicted molar refractivity (Wildman–Crippen MR) is 112 cm³/mol. The van der Waals surface area contributed by atoms with Crippen molar-refractivity contribution < 1.29 is 9.47 Å². The normalized spacial score (nSPS) is 10.8. The van der Waals surface area contributed by atoms with Crippen LogP contribution >= 0.6 is 0 Å². The lowest BCUT2D eigenvalue weighted by Gasteiger charge is -2.12. The number of pyridine rings is 1. The van der Waals surface area contributed by atoms with Crippen LogP contribution in [0.3, 0.4) is 0 Å². The standard InChI is InChI=1S/C21H27N5O2/c1-22-9-5-4-6-10-25-21-20-17(23-11-12-24-20)14-16(26-21)15-7-8-18(27-2)19(13-15)28-3/h7-8,11-14,22H,4-6,9-10H2,1-3H3,(H,25,26). The maximum absolute atomic E-state index is 5.43. The number of benzene rings is 1. The van der Waals surface area contributed by atoms with Gasteiger partial charge in [-0.2, -0.15) is 0 Å². The Bertz CT molecular complexity index is 916. The highest BCUT2D eigenvalue weighted by atomic mass is 16.5. The molecule has 0 spiro atoms. The van der Waals surface area contributed by atoms with Crippen molar-refractivity contribution in [3.63, 3.8) is 0 Å². The molecule has 2 heterocycles. The van der Waals surface area contributed by atoms with Crippen LogP contribution in [0.4, 0.5) is 5.82 Å². The van der Waals surface area contributed by atoms with Gasteiger partial charge in [0, 0.05) is 24.5 Å². The van der Waals surface area contributed by atoms with Crippen molar-refractivity contribution in [2.24, 2.45) is 0 Å². The Hall–Kier alpha value is -2.93. The van der Waals surface area contributed by atoms with Gasteiger partial charge in [-0.05, 0) is 50.7 Å². The van der Waals surface area contributed by atoms with Crippen molar-refractivity contribution in [2.45, 2.75) is 19.3 Å². The molecule has 0 fully saturated rings. The van der Waals surface area contributed by atoms with Crippen molar-refractivity contribution in [2.75, 3.05) is 39.7 Å². The number of hydrogen-bond donors (Lipinski definition) is 2. The van der Waals surface area contributed by atoms with Crippen LogP contribution in [0.2, 0.25) is 0 Å². The first-order chi connectivity index (χ1) is 13.8. The van der Waals surface area contributed by atoms with Crippen LogP contribution in [0.1, 0.15) is 19.3 Å². The zero-order valence-electron chi connectivity index (χ0n) is 16.7. The van der Waals surface area contributed by atoms with Gasteiger partial charge in [0.1, 0.15) is 5.52 Å². The van der Waals surface area contributed by atoms with Gasteiger partial charge in [-0.25, -0.2) is 9.97 Å². The van der Waals surface area contributed by atoms with E-state index in [0.717, 1.165) is 60.5 Å². The van der Waals surface area contributed by atoms with E-state index in [1.807, 2.05) is 31.3 Å². The van der Waals surface area contributed by atoms with Gasteiger partial charge >= 0.3 is 0 Å². The van der Waals surface area contributed by atoms with E-state index in [0.29, 0.717) is 11.5 Å². The topological polar surface area (TPSA) is 81.2 Å². The van der Waals surface area contributed by atoms with Crippen molar-refractivity contribution >= 4 is 16.9 Å². The number of unbranched alkanes of at least 4 members (excludes halogenated alkanes) is 2. The highest BCUT2D eigenvalue weighted by molar-refractivity contribution is 5.88. The Kier molecular flexibility index (Phi) is 6.97. The van der Waals surface area contributed by atoms with Crippen molar-refractivity contribution in [3.8, 4) is 22.8 Å². The largest absolute Gasteiger partial charge is 0.493 e. The van der Waals surface area contributed by atoms with Crippen LogP contribution in [-0.2, 0) is 0 Å².